The molecular weight excluding hydrogens is 138 g/mol. The topological polar surface area (TPSA) is 29.1 Å². The van der Waals surface area contributed by atoms with Crippen molar-refractivity contribution in [2.24, 2.45) is 0 Å². The summed E-state index contributed by atoms with van der Waals surface area (Å²) < 4.78 is 0. The molecule has 0 spiro atoms. The monoisotopic (exact) mass is 148 g/mol. The van der Waals surface area contributed by atoms with Crippen LogP contribution in [0.25, 0.3) is 0 Å². The van der Waals surface area contributed by atoms with Gasteiger partial charge in [-0.25, -0.2) is 0 Å². The molecule has 1 rings (SSSR count). The summed E-state index contributed by atoms with van der Waals surface area (Å²) >= 11 is 0. The Morgan fingerprint density at radius 2 is 2.00 bits per heavy atom. The Morgan fingerprint density at radius 1 is 1.36 bits per heavy atom. The lowest BCUT2D eigenvalue weighted by molar-refractivity contribution is 0.542. The molecule has 1 amide bonds. The van der Waals surface area contributed by atoms with E-state index in [-0.39, 0.29) is 0 Å². The van der Waals surface area contributed by atoms with Gasteiger partial charge in [0, 0.05) is 6.54 Å². The van der Waals surface area contributed by atoms with E-state index in [1.807, 2.05) is 31.2 Å². The van der Waals surface area contributed by atoms with E-state index in [2.05, 4.69) is 5.32 Å². The number of nitrogens with one attached hydrogen (secondary N) is 1. The third-order valence-electron chi connectivity index (χ3n) is 1.49. The average molecular weight is 148 g/mol. The van der Waals surface area contributed by atoms with Crippen LogP contribution in [0.2, 0.25) is 0 Å². The maximum Gasteiger partial charge on any atom is 0.309 e. The summed E-state index contributed by atoms with van der Waals surface area (Å²) in [6.07, 6.45) is 1.63. The summed E-state index contributed by atoms with van der Waals surface area (Å²) in [6.45, 7) is 2.59. The normalized spacial score (nSPS) is 9.18. The Balaban J connectivity index is 2.58. The first-order valence-corrected chi connectivity index (χ1v) is 3.48. The summed E-state index contributed by atoms with van der Waals surface area (Å²) in [6, 6.07) is 8.00. The Bertz CT molecular complexity index is 228. The second-order valence-electron chi connectivity index (χ2n) is 2.44. The van der Waals surface area contributed by atoms with Gasteiger partial charge in [-0.1, -0.05) is 29.8 Å². The highest BCUT2D eigenvalue weighted by atomic mass is 16.1. The zero-order valence-electron chi connectivity index (χ0n) is 6.42. The molecule has 0 saturated carbocycles. The molecule has 0 fully saturated rings. The van der Waals surface area contributed by atoms with Crippen molar-refractivity contribution in [3.63, 3.8) is 0 Å². The van der Waals surface area contributed by atoms with E-state index in [0.29, 0.717) is 6.54 Å². The number of hydrogen-bond donors (Lipinski definition) is 1. The molecule has 0 heterocycles. The Morgan fingerprint density at radius 3 is 2.55 bits per heavy atom. The summed E-state index contributed by atoms with van der Waals surface area (Å²) in [5.74, 6) is 0. The molecule has 2 heteroatoms. The average Bonchev–Trinajstić information content (AvgIpc) is 2.04. The van der Waals surface area contributed by atoms with Gasteiger partial charge in [-0.3, -0.25) is 4.79 Å². The molecule has 0 atom stereocenters. The fourth-order valence-corrected chi connectivity index (χ4v) is 0.844. The lowest BCUT2D eigenvalue weighted by Crippen LogP contribution is -2.09. The van der Waals surface area contributed by atoms with E-state index in [0.717, 1.165) is 5.56 Å². The van der Waals surface area contributed by atoms with Crippen molar-refractivity contribution in [1.29, 1.82) is 0 Å². The number of carbonyl (C=O) groups excluding carboxylic acids is 1. The Kier molecular flexibility index (Phi) is 2.66. The van der Waals surface area contributed by atoms with Crippen molar-refractivity contribution < 1.29 is 4.79 Å². The van der Waals surface area contributed by atoms with Crippen LogP contribution in [-0.2, 0) is 11.3 Å². The largest absolute Gasteiger partial charge is 0.344 e. The second-order valence-corrected chi connectivity index (χ2v) is 2.44. The molecule has 57 valence electrons. The summed E-state index contributed by atoms with van der Waals surface area (Å²) in [5.41, 5.74) is 2.32. The van der Waals surface area contributed by atoms with Crippen LogP contribution in [0.5, 0.6) is 0 Å². The molecule has 1 N–H and O–H groups in total. The van der Waals surface area contributed by atoms with Crippen LogP contribution in [0.3, 0.4) is 0 Å². The van der Waals surface area contributed by atoms with Gasteiger partial charge in [-0.2, -0.15) is 0 Å². The van der Waals surface area contributed by atoms with Crippen LogP contribution in [0.15, 0.2) is 24.3 Å². The van der Waals surface area contributed by atoms with Crippen LogP contribution in [-0.4, -0.2) is 6.41 Å². The van der Waals surface area contributed by atoms with Gasteiger partial charge in [0.05, 0.1) is 0 Å². The van der Waals surface area contributed by atoms with Crippen molar-refractivity contribution in [3.05, 3.63) is 35.4 Å². The van der Waals surface area contributed by atoms with E-state index in [1.54, 1.807) is 6.41 Å². The zero-order valence-corrected chi connectivity index (χ0v) is 6.42. The Hall–Kier alpha value is -1.31. The van der Waals surface area contributed by atoms with E-state index < -0.39 is 0 Å². The molecule has 1 aromatic rings. The maximum atomic E-state index is 9.81. The molecule has 0 unspecified atom stereocenters. The number of benzene rings is 1. The number of amides is 1. The van der Waals surface area contributed by atoms with Gasteiger partial charge >= 0.3 is 6.41 Å². The minimum absolute atomic E-state index is 0.559. The third-order valence-corrected chi connectivity index (χ3v) is 1.49. The van der Waals surface area contributed by atoms with Gasteiger partial charge < -0.3 is 5.32 Å². The fourth-order valence-electron chi connectivity index (χ4n) is 0.844. The molecule has 1 aromatic carbocycles. The van der Waals surface area contributed by atoms with Crippen molar-refractivity contribution >= 4 is 6.41 Å². The number of rotatable bonds is 3. The first-order valence-electron chi connectivity index (χ1n) is 3.48. The minimum atomic E-state index is 0.559. The molecule has 0 saturated heterocycles. The lowest BCUT2D eigenvalue weighted by atomic mass is 10.1. The predicted molar refractivity (Wildman–Crippen MR) is 43.7 cm³/mol. The molecule has 0 aliphatic rings. The quantitative estimate of drug-likeness (QED) is 0.640. The smallest absolute Gasteiger partial charge is 0.309 e. The highest BCUT2D eigenvalue weighted by Crippen LogP contribution is 2.01. The van der Waals surface area contributed by atoms with Crippen molar-refractivity contribution in [1.82, 2.24) is 5.32 Å². The number of aryl methyl sites for hydroxylation is 1. The van der Waals surface area contributed by atoms with Crippen LogP contribution in [0.4, 0.5) is 0 Å². The van der Waals surface area contributed by atoms with Crippen LogP contribution >= 0.6 is 0 Å². The third kappa shape index (κ3) is 2.42. The fraction of sp³-hybridized carbons (Fsp3) is 0.222. The van der Waals surface area contributed by atoms with E-state index >= 15 is 0 Å². The van der Waals surface area contributed by atoms with Crippen molar-refractivity contribution in [2.45, 2.75) is 13.5 Å². The van der Waals surface area contributed by atoms with Gasteiger partial charge in [-0.15, -0.1) is 0 Å². The summed E-state index contributed by atoms with van der Waals surface area (Å²) in [5, 5.41) is 2.48. The van der Waals surface area contributed by atoms with Crippen molar-refractivity contribution in [2.75, 3.05) is 0 Å². The molecule has 0 aliphatic carbocycles. The standard InChI is InChI=1S/C9H10NO/c1-8-2-4-9(5-3-8)6-10-7-11/h2-5H,6H2,1H3,(H,10,11). The maximum absolute atomic E-state index is 9.81. The van der Waals surface area contributed by atoms with Gasteiger partial charge in [0.15, 0.2) is 0 Å². The highest BCUT2D eigenvalue weighted by Gasteiger charge is 1.89. The van der Waals surface area contributed by atoms with Crippen LogP contribution in [0.1, 0.15) is 11.1 Å². The zero-order chi connectivity index (χ0) is 8.10. The van der Waals surface area contributed by atoms with Gasteiger partial charge in [0.1, 0.15) is 0 Å². The SMILES string of the molecule is Cc1ccc(CN[C]=O)cc1. The summed E-state index contributed by atoms with van der Waals surface area (Å²) in [7, 11) is 0. The van der Waals surface area contributed by atoms with Crippen LogP contribution in [0, 0.1) is 6.92 Å². The molecule has 0 aliphatic heterocycles. The predicted octanol–water partition coefficient (Wildman–Crippen LogP) is 1.15. The van der Waals surface area contributed by atoms with E-state index in [9.17, 15) is 4.79 Å². The Labute approximate surface area is 66.2 Å². The lowest BCUT2D eigenvalue weighted by Gasteiger charge is -1.98. The highest BCUT2D eigenvalue weighted by molar-refractivity contribution is 5.47. The number of hydrogen-bond acceptors (Lipinski definition) is 1. The van der Waals surface area contributed by atoms with E-state index in [1.165, 1.54) is 5.56 Å². The minimum Gasteiger partial charge on any atom is -0.344 e. The van der Waals surface area contributed by atoms with Crippen molar-refractivity contribution in [3.8, 4) is 0 Å². The van der Waals surface area contributed by atoms with Crippen LogP contribution < -0.4 is 5.32 Å². The van der Waals surface area contributed by atoms with Gasteiger partial charge in [0.2, 0.25) is 0 Å². The molecular formula is C9H10NO. The molecule has 2 nitrogen and oxygen atoms in total. The summed E-state index contributed by atoms with van der Waals surface area (Å²) in [4.78, 5) is 9.81. The molecule has 11 heavy (non-hydrogen) atoms. The molecule has 1 radical (unpaired) electrons. The first-order chi connectivity index (χ1) is 5.33. The van der Waals surface area contributed by atoms with Gasteiger partial charge in [0.25, 0.3) is 0 Å². The van der Waals surface area contributed by atoms with E-state index in [4.69, 9.17) is 0 Å². The molecule has 0 aromatic heterocycles. The van der Waals surface area contributed by atoms with Gasteiger partial charge in [-0.05, 0) is 12.5 Å². The molecule has 0 bridgehead atoms. The first kappa shape index (κ1) is 7.79. The second kappa shape index (κ2) is 3.76.